The largest absolute Gasteiger partial charge is 0.369 e. The highest BCUT2D eigenvalue weighted by Crippen LogP contribution is 2.47. The molecule has 2 amide bonds. The zero-order valence-electron chi connectivity index (χ0n) is 19.3. The molecule has 1 aromatic heterocycles. The number of benzene rings is 2. The van der Waals surface area contributed by atoms with E-state index in [4.69, 9.17) is 0 Å². The first-order valence-electron chi connectivity index (χ1n) is 11.9. The lowest BCUT2D eigenvalue weighted by Crippen LogP contribution is -2.43. The number of hydrogen-bond donors (Lipinski definition) is 3. The van der Waals surface area contributed by atoms with E-state index >= 15 is 0 Å². The minimum absolute atomic E-state index is 0.0597. The normalized spacial score (nSPS) is 19.2. The van der Waals surface area contributed by atoms with Gasteiger partial charge in [-0.05, 0) is 60.4 Å². The van der Waals surface area contributed by atoms with E-state index in [0.29, 0.717) is 16.8 Å². The summed E-state index contributed by atoms with van der Waals surface area (Å²) >= 11 is 0. The second-order valence-corrected chi connectivity index (χ2v) is 9.00. The number of rotatable bonds is 7. The van der Waals surface area contributed by atoms with E-state index in [2.05, 4.69) is 25.8 Å². The predicted molar refractivity (Wildman–Crippen MR) is 133 cm³/mol. The third kappa shape index (κ3) is 5.49. The molecule has 8 heteroatoms. The van der Waals surface area contributed by atoms with Gasteiger partial charge in [0.25, 0.3) is 5.91 Å². The standard InChI is InChI=1S/C27H28FN5O2/c28-25-14-21(32-27(35)24-15-23(24)19-2-1-9-30-16-19)6-3-20(25)17-31-26(34)18-4-7-22(8-5-18)33-12-10-29-11-13-33/h1-9,14,16,23-24,29H,10-13,15,17H2,(H,31,34)(H,32,35). The van der Waals surface area contributed by atoms with Gasteiger partial charge in [0.05, 0.1) is 0 Å². The summed E-state index contributed by atoms with van der Waals surface area (Å²) in [5.74, 6) is -0.822. The first-order chi connectivity index (χ1) is 17.1. The van der Waals surface area contributed by atoms with Gasteiger partial charge in [-0.2, -0.15) is 0 Å². The van der Waals surface area contributed by atoms with Gasteiger partial charge in [0.1, 0.15) is 5.82 Å². The number of pyridine rings is 1. The van der Waals surface area contributed by atoms with Gasteiger partial charge in [0.2, 0.25) is 5.91 Å². The van der Waals surface area contributed by atoms with Crippen LogP contribution in [0.5, 0.6) is 0 Å². The molecule has 35 heavy (non-hydrogen) atoms. The molecule has 0 spiro atoms. The highest BCUT2D eigenvalue weighted by molar-refractivity contribution is 5.95. The number of aromatic nitrogens is 1. The van der Waals surface area contributed by atoms with Crippen LogP contribution in [0.15, 0.2) is 67.0 Å². The Morgan fingerprint density at radius 3 is 2.60 bits per heavy atom. The summed E-state index contributed by atoms with van der Waals surface area (Å²) < 4.78 is 14.6. The molecule has 0 radical (unpaired) electrons. The average Bonchev–Trinajstić information content (AvgIpc) is 3.71. The second kappa shape index (κ2) is 10.2. The van der Waals surface area contributed by atoms with Crippen molar-refractivity contribution in [2.45, 2.75) is 18.9 Å². The van der Waals surface area contributed by atoms with Crippen molar-refractivity contribution in [2.24, 2.45) is 5.92 Å². The van der Waals surface area contributed by atoms with Crippen LogP contribution in [0, 0.1) is 11.7 Å². The Morgan fingerprint density at radius 1 is 1.09 bits per heavy atom. The van der Waals surface area contributed by atoms with Crippen molar-refractivity contribution < 1.29 is 14.0 Å². The number of nitrogens with one attached hydrogen (secondary N) is 3. The molecule has 1 aliphatic heterocycles. The van der Waals surface area contributed by atoms with Gasteiger partial charge in [-0.3, -0.25) is 14.6 Å². The van der Waals surface area contributed by atoms with Crippen LogP contribution in [0.2, 0.25) is 0 Å². The number of carbonyl (C=O) groups is 2. The smallest absolute Gasteiger partial charge is 0.251 e. The van der Waals surface area contributed by atoms with Gasteiger partial charge in [0, 0.05) is 73.5 Å². The zero-order valence-corrected chi connectivity index (χ0v) is 19.3. The van der Waals surface area contributed by atoms with E-state index in [1.165, 1.54) is 6.07 Å². The molecule has 0 bridgehead atoms. The van der Waals surface area contributed by atoms with E-state index in [1.54, 1.807) is 36.7 Å². The fourth-order valence-electron chi connectivity index (χ4n) is 4.48. The lowest BCUT2D eigenvalue weighted by Gasteiger charge is -2.29. The van der Waals surface area contributed by atoms with E-state index in [-0.39, 0.29) is 30.2 Å². The number of carbonyl (C=O) groups excluding carboxylic acids is 2. The predicted octanol–water partition coefficient (Wildman–Crippen LogP) is 3.30. The summed E-state index contributed by atoms with van der Waals surface area (Å²) in [6.07, 6.45) is 4.25. The van der Waals surface area contributed by atoms with Gasteiger partial charge < -0.3 is 20.9 Å². The molecule has 5 rings (SSSR count). The Hall–Kier alpha value is -3.78. The van der Waals surface area contributed by atoms with Crippen LogP contribution in [0.3, 0.4) is 0 Å². The van der Waals surface area contributed by atoms with Crippen molar-refractivity contribution in [1.29, 1.82) is 0 Å². The average molecular weight is 474 g/mol. The Morgan fingerprint density at radius 2 is 1.89 bits per heavy atom. The van der Waals surface area contributed by atoms with Crippen molar-refractivity contribution in [3.8, 4) is 0 Å². The van der Waals surface area contributed by atoms with E-state index in [9.17, 15) is 14.0 Å². The van der Waals surface area contributed by atoms with Crippen molar-refractivity contribution in [1.82, 2.24) is 15.6 Å². The number of nitrogens with zero attached hydrogens (tertiary/aromatic N) is 2. The quantitative estimate of drug-likeness (QED) is 0.490. The minimum Gasteiger partial charge on any atom is -0.369 e. The maximum atomic E-state index is 14.6. The zero-order chi connectivity index (χ0) is 24.2. The molecular weight excluding hydrogens is 445 g/mol. The lowest BCUT2D eigenvalue weighted by atomic mass is 10.1. The van der Waals surface area contributed by atoms with Crippen molar-refractivity contribution in [3.63, 3.8) is 0 Å². The Labute approximate surface area is 203 Å². The van der Waals surface area contributed by atoms with Crippen LogP contribution in [-0.2, 0) is 11.3 Å². The van der Waals surface area contributed by atoms with Crippen molar-refractivity contribution >= 4 is 23.2 Å². The van der Waals surface area contributed by atoms with Gasteiger partial charge in [-0.15, -0.1) is 0 Å². The highest BCUT2D eigenvalue weighted by atomic mass is 19.1. The van der Waals surface area contributed by atoms with E-state index < -0.39 is 5.82 Å². The first-order valence-corrected chi connectivity index (χ1v) is 11.9. The maximum Gasteiger partial charge on any atom is 0.251 e. The Kier molecular flexibility index (Phi) is 6.72. The number of piperazine rings is 1. The first kappa shape index (κ1) is 23.0. The number of anilines is 2. The van der Waals surface area contributed by atoms with Gasteiger partial charge >= 0.3 is 0 Å². The molecule has 2 aromatic carbocycles. The molecular formula is C27H28FN5O2. The molecule has 3 N–H and O–H groups in total. The summed E-state index contributed by atoms with van der Waals surface area (Å²) in [7, 11) is 0. The van der Waals surface area contributed by atoms with E-state index in [0.717, 1.165) is 43.9 Å². The molecule has 2 heterocycles. The number of amides is 2. The number of halogens is 1. The SMILES string of the molecule is O=C(NCc1ccc(NC(=O)C2CC2c2cccnc2)cc1F)c1ccc(N2CCNCC2)cc1. The Bertz CT molecular complexity index is 1200. The summed E-state index contributed by atoms with van der Waals surface area (Å²) in [6, 6.07) is 15.8. The van der Waals surface area contributed by atoms with E-state index in [1.807, 2.05) is 24.3 Å². The molecule has 2 atom stereocenters. The summed E-state index contributed by atoms with van der Waals surface area (Å²) in [5, 5.41) is 8.89. The molecule has 3 aromatic rings. The van der Waals surface area contributed by atoms with Gasteiger partial charge in [-0.1, -0.05) is 12.1 Å². The van der Waals surface area contributed by atoms with Crippen LogP contribution in [0.1, 0.15) is 33.8 Å². The van der Waals surface area contributed by atoms with Crippen LogP contribution in [0.4, 0.5) is 15.8 Å². The molecule has 2 fully saturated rings. The van der Waals surface area contributed by atoms with Crippen LogP contribution < -0.4 is 20.9 Å². The summed E-state index contributed by atoms with van der Waals surface area (Å²) in [6.45, 7) is 3.83. The monoisotopic (exact) mass is 473 g/mol. The lowest BCUT2D eigenvalue weighted by molar-refractivity contribution is -0.117. The van der Waals surface area contributed by atoms with Crippen molar-refractivity contribution in [2.75, 3.05) is 36.4 Å². The van der Waals surface area contributed by atoms with Crippen LogP contribution >= 0.6 is 0 Å². The van der Waals surface area contributed by atoms with Gasteiger partial charge in [-0.25, -0.2) is 4.39 Å². The fraction of sp³-hybridized carbons (Fsp3) is 0.296. The minimum atomic E-state index is -0.475. The molecule has 180 valence electrons. The third-order valence-electron chi connectivity index (χ3n) is 6.61. The summed E-state index contributed by atoms with van der Waals surface area (Å²) in [5.41, 5.74) is 3.42. The summed E-state index contributed by atoms with van der Waals surface area (Å²) in [4.78, 5) is 31.5. The highest BCUT2D eigenvalue weighted by Gasteiger charge is 2.44. The molecule has 7 nitrogen and oxygen atoms in total. The maximum absolute atomic E-state index is 14.6. The second-order valence-electron chi connectivity index (χ2n) is 9.00. The van der Waals surface area contributed by atoms with Crippen LogP contribution in [-0.4, -0.2) is 43.0 Å². The van der Waals surface area contributed by atoms with Crippen LogP contribution in [0.25, 0.3) is 0 Å². The molecule has 2 aliphatic rings. The molecule has 1 saturated heterocycles. The van der Waals surface area contributed by atoms with Gasteiger partial charge in [0.15, 0.2) is 0 Å². The topological polar surface area (TPSA) is 86.4 Å². The number of hydrogen-bond acceptors (Lipinski definition) is 5. The fourth-order valence-corrected chi connectivity index (χ4v) is 4.48. The Balaban J connectivity index is 1.13. The van der Waals surface area contributed by atoms with Crippen molar-refractivity contribution in [3.05, 3.63) is 89.5 Å². The third-order valence-corrected chi connectivity index (χ3v) is 6.61. The molecule has 1 saturated carbocycles. The molecule has 2 unspecified atom stereocenters. The molecule has 1 aliphatic carbocycles.